The van der Waals surface area contributed by atoms with Crippen LogP contribution in [0.15, 0.2) is 10.6 Å². The van der Waals surface area contributed by atoms with Gasteiger partial charge < -0.3 is 20.0 Å². The third-order valence-electron chi connectivity index (χ3n) is 5.22. The molecule has 0 saturated carbocycles. The molecular formula is C16H23N3O4S. The van der Waals surface area contributed by atoms with Crippen molar-refractivity contribution in [2.75, 3.05) is 13.1 Å². The van der Waals surface area contributed by atoms with Gasteiger partial charge in [-0.25, -0.2) is 4.79 Å². The van der Waals surface area contributed by atoms with E-state index in [1.807, 2.05) is 11.8 Å². The number of nitrogens with one attached hydrogen (secondary N) is 1. The number of aliphatic carboxylic acids is 1. The van der Waals surface area contributed by atoms with Gasteiger partial charge in [0.1, 0.15) is 5.70 Å². The van der Waals surface area contributed by atoms with Crippen LogP contribution in [0.5, 0.6) is 0 Å². The van der Waals surface area contributed by atoms with E-state index in [0.717, 1.165) is 24.4 Å². The van der Waals surface area contributed by atoms with E-state index in [9.17, 15) is 19.8 Å². The first-order chi connectivity index (χ1) is 11.2. The van der Waals surface area contributed by atoms with Crippen LogP contribution in [0.4, 0.5) is 0 Å². The van der Waals surface area contributed by atoms with Crippen LogP contribution in [-0.2, 0) is 9.59 Å². The van der Waals surface area contributed by atoms with Crippen LogP contribution in [0, 0.1) is 17.2 Å². The lowest BCUT2D eigenvalue weighted by Gasteiger charge is -2.46. The summed E-state index contributed by atoms with van der Waals surface area (Å²) in [6, 6.07) is -0.256. The van der Waals surface area contributed by atoms with Gasteiger partial charge in [0, 0.05) is 29.2 Å². The van der Waals surface area contributed by atoms with Crippen molar-refractivity contribution in [1.82, 2.24) is 9.80 Å². The summed E-state index contributed by atoms with van der Waals surface area (Å²) in [5.74, 6) is -1.45. The highest BCUT2D eigenvalue weighted by Crippen LogP contribution is 2.51. The second kappa shape index (κ2) is 6.07. The van der Waals surface area contributed by atoms with E-state index in [1.165, 1.54) is 16.7 Å². The number of carboxylic acid groups (broad SMARTS) is 1. The van der Waals surface area contributed by atoms with Crippen molar-refractivity contribution < 1.29 is 19.8 Å². The molecule has 3 heterocycles. The summed E-state index contributed by atoms with van der Waals surface area (Å²) in [4.78, 5) is 28.1. The number of amidine groups is 1. The van der Waals surface area contributed by atoms with Gasteiger partial charge in [0.15, 0.2) is 0 Å². The van der Waals surface area contributed by atoms with Gasteiger partial charge in [-0.2, -0.15) is 0 Å². The molecule has 24 heavy (non-hydrogen) atoms. The molecule has 3 aliphatic rings. The van der Waals surface area contributed by atoms with Crippen molar-refractivity contribution in [3.8, 4) is 0 Å². The molecule has 7 nitrogen and oxygen atoms in total. The van der Waals surface area contributed by atoms with Crippen LogP contribution in [-0.4, -0.2) is 68.2 Å². The zero-order valence-electron chi connectivity index (χ0n) is 14.0. The number of aliphatic hydroxyl groups excluding tert-OH is 1. The number of β-lactam (4-membered cyclic amide) rings is 1. The molecule has 3 rings (SSSR count). The van der Waals surface area contributed by atoms with Crippen molar-refractivity contribution in [2.45, 2.75) is 44.6 Å². The minimum atomic E-state index is -1.08. The molecule has 0 aromatic rings. The monoisotopic (exact) mass is 353 g/mol. The predicted molar refractivity (Wildman–Crippen MR) is 90.6 cm³/mol. The molecule has 1 amide bonds. The zero-order valence-corrected chi connectivity index (χ0v) is 14.8. The Bertz CT molecular complexity index is 633. The standard InChI is InChI=1S/C16H23N3O4S/c1-7-12-11(8(2)20)15(21)19(12)13(16(22)23)14(7)24-10-4-5-18(6-10)9(3)17/h7-8,10-12,17,20H,4-6H2,1-3H3,(H,22,23)/t7-,8-,10+,11-,12-/m1/s1. The number of thioether (sulfide) groups is 1. The van der Waals surface area contributed by atoms with Gasteiger partial charge in [0.05, 0.1) is 23.9 Å². The largest absolute Gasteiger partial charge is 0.477 e. The number of carbonyl (C=O) groups is 2. The minimum Gasteiger partial charge on any atom is -0.477 e. The van der Waals surface area contributed by atoms with Gasteiger partial charge in [-0.05, 0) is 20.3 Å². The average Bonchev–Trinajstić information content (AvgIpc) is 3.03. The molecule has 0 aromatic carbocycles. The minimum absolute atomic E-state index is 0.0874. The summed E-state index contributed by atoms with van der Waals surface area (Å²) in [6.45, 7) is 6.80. The van der Waals surface area contributed by atoms with Crippen LogP contribution in [0.2, 0.25) is 0 Å². The fourth-order valence-electron chi connectivity index (χ4n) is 3.99. The number of likely N-dealkylation sites (tertiary alicyclic amines) is 1. The molecule has 3 aliphatic heterocycles. The van der Waals surface area contributed by atoms with Gasteiger partial charge in [-0.1, -0.05) is 6.92 Å². The quantitative estimate of drug-likeness (QED) is 0.395. The van der Waals surface area contributed by atoms with Crippen LogP contribution >= 0.6 is 11.8 Å². The second-order valence-corrected chi connectivity index (χ2v) is 8.17. The molecule has 3 N–H and O–H groups in total. The van der Waals surface area contributed by atoms with Gasteiger partial charge >= 0.3 is 5.97 Å². The Hall–Kier alpha value is -1.54. The van der Waals surface area contributed by atoms with E-state index in [4.69, 9.17) is 5.41 Å². The maximum absolute atomic E-state index is 12.3. The van der Waals surface area contributed by atoms with E-state index >= 15 is 0 Å². The van der Waals surface area contributed by atoms with E-state index in [2.05, 4.69) is 0 Å². The van der Waals surface area contributed by atoms with Crippen LogP contribution in [0.3, 0.4) is 0 Å². The molecule has 8 heteroatoms. The highest BCUT2D eigenvalue weighted by Gasteiger charge is 2.60. The lowest BCUT2D eigenvalue weighted by atomic mass is 9.79. The lowest BCUT2D eigenvalue weighted by molar-refractivity contribution is -0.163. The smallest absolute Gasteiger partial charge is 0.353 e. The van der Waals surface area contributed by atoms with Crippen molar-refractivity contribution in [2.24, 2.45) is 11.8 Å². The number of nitrogens with zero attached hydrogens (tertiary/aromatic N) is 2. The number of carbonyl (C=O) groups excluding carboxylic acids is 1. The predicted octanol–water partition coefficient (Wildman–Crippen LogP) is 0.945. The molecule has 0 bridgehead atoms. The summed E-state index contributed by atoms with van der Waals surface area (Å²) < 4.78 is 0. The number of fused-ring (bicyclic) bond motifs is 1. The number of aliphatic hydroxyl groups is 1. The Balaban J connectivity index is 1.83. The van der Waals surface area contributed by atoms with E-state index in [1.54, 1.807) is 13.8 Å². The third-order valence-corrected chi connectivity index (χ3v) is 6.76. The first-order valence-electron chi connectivity index (χ1n) is 8.19. The first kappa shape index (κ1) is 17.3. The fraction of sp³-hybridized carbons (Fsp3) is 0.688. The molecule has 0 aliphatic carbocycles. The zero-order chi connectivity index (χ0) is 17.8. The van der Waals surface area contributed by atoms with Gasteiger partial charge in [0.2, 0.25) is 5.91 Å². The molecule has 132 valence electrons. The number of carboxylic acids is 1. The van der Waals surface area contributed by atoms with Crippen LogP contribution < -0.4 is 0 Å². The van der Waals surface area contributed by atoms with Crippen LogP contribution in [0.1, 0.15) is 27.2 Å². The Morgan fingerprint density at radius 2 is 2.12 bits per heavy atom. The van der Waals surface area contributed by atoms with E-state index < -0.39 is 18.0 Å². The van der Waals surface area contributed by atoms with Gasteiger partial charge in [-0.15, -0.1) is 11.8 Å². The highest BCUT2D eigenvalue weighted by molar-refractivity contribution is 8.03. The van der Waals surface area contributed by atoms with Gasteiger partial charge in [0.25, 0.3) is 0 Å². The maximum Gasteiger partial charge on any atom is 0.353 e. The molecule has 0 unspecified atom stereocenters. The Labute approximate surface area is 145 Å². The molecule has 0 spiro atoms. The number of rotatable bonds is 4. The summed E-state index contributed by atoms with van der Waals surface area (Å²) in [6.07, 6.45) is 0.116. The number of hydrogen-bond donors (Lipinski definition) is 3. The molecular weight excluding hydrogens is 330 g/mol. The van der Waals surface area contributed by atoms with Gasteiger partial charge in [-0.3, -0.25) is 10.2 Å². The van der Waals surface area contributed by atoms with Crippen molar-refractivity contribution in [1.29, 1.82) is 5.41 Å². The normalized spacial score (nSPS) is 33.6. The third kappa shape index (κ3) is 2.52. The number of amides is 1. The molecule has 2 fully saturated rings. The van der Waals surface area contributed by atoms with E-state index in [0.29, 0.717) is 5.84 Å². The SMILES string of the molecule is CC(=N)N1CC[C@H](SC2=C(C(=O)O)N3C(=O)[C@H]([C@@H](C)O)[C@H]3[C@H]2C)C1. The summed E-state index contributed by atoms with van der Waals surface area (Å²) in [7, 11) is 0. The number of hydrogen-bond acceptors (Lipinski definition) is 5. The molecule has 0 aromatic heterocycles. The van der Waals surface area contributed by atoms with E-state index in [-0.39, 0.29) is 28.8 Å². The summed E-state index contributed by atoms with van der Waals surface area (Å²) in [5, 5.41) is 27.4. The molecule has 2 saturated heterocycles. The lowest BCUT2D eigenvalue weighted by Crippen LogP contribution is -2.63. The first-order valence-corrected chi connectivity index (χ1v) is 9.07. The summed E-state index contributed by atoms with van der Waals surface area (Å²) in [5.41, 5.74) is 0.0874. The highest BCUT2D eigenvalue weighted by atomic mass is 32.2. The van der Waals surface area contributed by atoms with Crippen molar-refractivity contribution in [3.63, 3.8) is 0 Å². The average molecular weight is 353 g/mol. The maximum atomic E-state index is 12.3. The fourth-order valence-corrected chi connectivity index (χ4v) is 5.48. The van der Waals surface area contributed by atoms with Crippen molar-refractivity contribution in [3.05, 3.63) is 10.6 Å². The molecule has 5 atom stereocenters. The topological polar surface area (TPSA) is 105 Å². The summed E-state index contributed by atoms with van der Waals surface area (Å²) >= 11 is 1.53. The Kier molecular flexibility index (Phi) is 4.37. The second-order valence-electron chi connectivity index (χ2n) is 6.83. The molecule has 0 radical (unpaired) electrons. The Morgan fingerprint density at radius 3 is 2.62 bits per heavy atom. The van der Waals surface area contributed by atoms with Crippen LogP contribution in [0.25, 0.3) is 0 Å². The van der Waals surface area contributed by atoms with Crippen molar-refractivity contribution >= 4 is 29.5 Å². The Morgan fingerprint density at radius 1 is 1.46 bits per heavy atom.